The summed E-state index contributed by atoms with van der Waals surface area (Å²) in [5.41, 5.74) is 0. The SMILES string of the molecule is CCC(CC)CO[PH](=O)OCC(CC)CC.O=[PH](O)O. The zero-order valence-corrected chi connectivity index (χ0v) is 14.9. The van der Waals surface area contributed by atoms with Crippen LogP contribution in [0, 0.1) is 11.8 Å². The summed E-state index contributed by atoms with van der Waals surface area (Å²) in [7, 11) is -5.40. The van der Waals surface area contributed by atoms with Crippen LogP contribution in [0.15, 0.2) is 0 Å². The smallest absolute Gasteiger partial charge is 0.319 e. The molecule has 0 aromatic rings. The molecule has 0 aliphatic heterocycles. The van der Waals surface area contributed by atoms with E-state index in [9.17, 15) is 4.57 Å². The monoisotopic (exact) mass is 332 g/mol. The first-order valence-corrected chi connectivity index (χ1v) is 9.65. The summed E-state index contributed by atoms with van der Waals surface area (Å²) in [6.45, 7) is 9.63. The molecular formula is C12H30O6P2. The Morgan fingerprint density at radius 3 is 1.25 bits per heavy atom. The zero-order valence-electron chi connectivity index (χ0n) is 12.9. The molecule has 0 spiro atoms. The second-order valence-corrected chi connectivity index (χ2v) is 6.16. The fourth-order valence-corrected chi connectivity index (χ4v) is 2.29. The second kappa shape index (κ2) is 15.7. The Balaban J connectivity index is 0. The van der Waals surface area contributed by atoms with E-state index in [2.05, 4.69) is 27.7 Å². The van der Waals surface area contributed by atoms with Crippen LogP contribution >= 0.6 is 16.5 Å². The number of hydrogen-bond acceptors (Lipinski definition) is 4. The maximum Gasteiger partial charge on any atom is 0.319 e. The summed E-state index contributed by atoms with van der Waals surface area (Å²) in [6, 6.07) is 0. The lowest BCUT2D eigenvalue weighted by Crippen LogP contribution is -2.07. The molecule has 0 rings (SSSR count). The summed E-state index contributed by atoms with van der Waals surface area (Å²) in [5, 5.41) is 0. The molecule has 20 heavy (non-hydrogen) atoms. The van der Waals surface area contributed by atoms with Crippen LogP contribution in [0.3, 0.4) is 0 Å². The molecule has 0 heterocycles. The van der Waals surface area contributed by atoms with E-state index in [1.54, 1.807) is 0 Å². The molecule has 0 amide bonds. The molecule has 0 saturated carbocycles. The van der Waals surface area contributed by atoms with Gasteiger partial charge in [0.25, 0.3) is 0 Å². The molecule has 0 saturated heterocycles. The van der Waals surface area contributed by atoms with Crippen LogP contribution < -0.4 is 0 Å². The van der Waals surface area contributed by atoms with Gasteiger partial charge < -0.3 is 18.8 Å². The average Bonchev–Trinajstić information content (AvgIpc) is 2.40. The Morgan fingerprint density at radius 1 is 0.800 bits per heavy atom. The van der Waals surface area contributed by atoms with Crippen molar-refractivity contribution in [2.45, 2.75) is 53.4 Å². The third-order valence-electron chi connectivity index (χ3n) is 3.18. The first-order chi connectivity index (χ1) is 9.40. The molecule has 124 valence electrons. The fraction of sp³-hybridized carbons (Fsp3) is 1.00. The highest BCUT2D eigenvalue weighted by Gasteiger charge is 2.09. The summed E-state index contributed by atoms with van der Waals surface area (Å²) in [5.74, 6) is 1.01. The second-order valence-electron chi connectivity index (χ2n) is 4.52. The van der Waals surface area contributed by atoms with Gasteiger partial charge in [-0.2, -0.15) is 0 Å². The Labute approximate surface area is 123 Å². The van der Waals surface area contributed by atoms with Gasteiger partial charge in [0, 0.05) is 0 Å². The Bertz CT molecular complexity index is 232. The molecule has 0 aliphatic carbocycles. The first-order valence-electron chi connectivity index (χ1n) is 7.12. The van der Waals surface area contributed by atoms with Crippen LogP contribution in [0.1, 0.15) is 53.4 Å². The predicted molar refractivity (Wildman–Crippen MR) is 82.5 cm³/mol. The van der Waals surface area contributed by atoms with Crippen LogP contribution in [0.2, 0.25) is 0 Å². The summed E-state index contributed by atoms with van der Waals surface area (Å²) >= 11 is 0. The molecule has 6 nitrogen and oxygen atoms in total. The van der Waals surface area contributed by atoms with Crippen LogP contribution in [0.25, 0.3) is 0 Å². The lowest BCUT2D eigenvalue weighted by Gasteiger charge is -2.14. The van der Waals surface area contributed by atoms with Crippen LogP contribution in [-0.4, -0.2) is 23.0 Å². The molecule has 0 atom stereocenters. The number of rotatable bonds is 10. The van der Waals surface area contributed by atoms with Gasteiger partial charge in [-0.05, 0) is 11.8 Å². The van der Waals surface area contributed by atoms with Crippen LogP contribution in [-0.2, 0) is 18.2 Å². The quantitative estimate of drug-likeness (QED) is 0.593. The van der Waals surface area contributed by atoms with Crippen LogP contribution in [0.4, 0.5) is 0 Å². The van der Waals surface area contributed by atoms with E-state index in [0.717, 1.165) is 25.7 Å². The predicted octanol–water partition coefficient (Wildman–Crippen LogP) is 3.64. The minimum absolute atomic E-state index is 0.505. The van der Waals surface area contributed by atoms with Gasteiger partial charge in [0.2, 0.25) is 0 Å². The van der Waals surface area contributed by atoms with Gasteiger partial charge in [-0.25, -0.2) is 0 Å². The molecule has 0 aliphatic rings. The summed E-state index contributed by atoms with van der Waals surface area (Å²) < 4.78 is 30.7. The minimum atomic E-state index is -3.13. The standard InChI is InChI=1S/C12H27O3P.H3O3P/c1-5-11(6-2)9-14-16(13)15-10-12(7-3)8-4;1-4(2)3/h11-12,16H,5-10H2,1-4H3;4H,(H2,1,2,3). The fourth-order valence-electron chi connectivity index (χ4n) is 1.46. The third kappa shape index (κ3) is 16.4. The molecule has 2 N–H and O–H groups in total. The molecular weight excluding hydrogens is 302 g/mol. The molecule has 0 fully saturated rings. The Hall–Kier alpha value is 0.300. The minimum Gasteiger partial charge on any atom is -0.326 e. The highest BCUT2D eigenvalue weighted by molar-refractivity contribution is 7.33. The molecule has 0 radical (unpaired) electrons. The lowest BCUT2D eigenvalue weighted by atomic mass is 10.1. The zero-order chi connectivity index (χ0) is 16.0. The van der Waals surface area contributed by atoms with Gasteiger partial charge >= 0.3 is 16.5 Å². The van der Waals surface area contributed by atoms with Gasteiger partial charge in [-0.15, -0.1) is 0 Å². The lowest BCUT2D eigenvalue weighted by molar-refractivity contribution is 0.171. The van der Waals surface area contributed by atoms with Crippen molar-refractivity contribution in [1.29, 1.82) is 0 Å². The van der Waals surface area contributed by atoms with E-state index in [4.69, 9.17) is 23.4 Å². The molecule has 0 aromatic heterocycles. The van der Waals surface area contributed by atoms with Crippen molar-refractivity contribution in [1.82, 2.24) is 0 Å². The first kappa shape index (κ1) is 22.6. The maximum absolute atomic E-state index is 11.5. The van der Waals surface area contributed by atoms with E-state index in [1.165, 1.54) is 0 Å². The van der Waals surface area contributed by atoms with Crippen molar-refractivity contribution < 1.29 is 28.0 Å². The average molecular weight is 332 g/mol. The van der Waals surface area contributed by atoms with Gasteiger partial charge in [-0.1, -0.05) is 53.4 Å². The van der Waals surface area contributed by atoms with Crippen molar-refractivity contribution in [3.05, 3.63) is 0 Å². The van der Waals surface area contributed by atoms with Crippen LogP contribution in [0.5, 0.6) is 0 Å². The third-order valence-corrected chi connectivity index (χ3v) is 3.99. The van der Waals surface area contributed by atoms with Gasteiger partial charge in [0.15, 0.2) is 0 Å². The van der Waals surface area contributed by atoms with Gasteiger partial charge in [0.1, 0.15) is 0 Å². The molecule has 0 unspecified atom stereocenters. The Morgan fingerprint density at radius 2 is 1.05 bits per heavy atom. The van der Waals surface area contributed by atoms with E-state index >= 15 is 0 Å². The van der Waals surface area contributed by atoms with E-state index in [-0.39, 0.29) is 0 Å². The van der Waals surface area contributed by atoms with Crippen molar-refractivity contribution in [2.75, 3.05) is 13.2 Å². The maximum atomic E-state index is 11.5. The van der Waals surface area contributed by atoms with E-state index in [1.807, 2.05) is 0 Å². The Kier molecular flexibility index (Phi) is 17.7. The largest absolute Gasteiger partial charge is 0.326 e. The van der Waals surface area contributed by atoms with Crippen molar-refractivity contribution in [3.63, 3.8) is 0 Å². The molecule has 0 bridgehead atoms. The highest BCUT2D eigenvalue weighted by atomic mass is 31.1. The van der Waals surface area contributed by atoms with Crippen molar-refractivity contribution in [3.8, 4) is 0 Å². The van der Waals surface area contributed by atoms with Crippen molar-refractivity contribution in [2.24, 2.45) is 11.8 Å². The topological polar surface area (TPSA) is 93.1 Å². The number of hydrogen-bond donors (Lipinski definition) is 2. The molecule has 0 aromatic carbocycles. The summed E-state index contributed by atoms with van der Waals surface area (Å²) in [6.07, 6.45) is 4.27. The van der Waals surface area contributed by atoms with Crippen molar-refractivity contribution >= 4 is 16.5 Å². The summed E-state index contributed by atoms with van der Waals surface area (Å²) in [4.78, 5) is 14.3. The normalized spacial score (nSPS) is 11.3. The van der Waals surface area contributed by atoms with Gasteiger partial charge in [-0.3, -0.25) is 9.13 Å². The molecule has 8 heteroatoms. The van der Waals surface area contributed by atoms with Gasteiger partial charge in [0.05, 0.1) is 13.2 Å². The van der Waals surface area contributed by atoms with E-state index in [0.29, 0.717) is 25.0 Å². The highest BCUT2D eigenvalue weighted by Crippen LogP contribution is 2.27. The van der Waals surface area contributed by atoms with E-state index < -0.39 is 16.5 Å².